The van der Waals surface area contributed by atoms with E-state index in [9.17, 15) is 0 Å². The Morgan fingerprint density at radius 1 is 1.14 bits per heavy atom. The van der Waals surface area contributed by atoms with Crippen molar-refractivity contribution in [2.24, 2.45) is 5.10 Å². The van der Waals surface area contributed by atoms with Crippen LogP contribution in [-0.4, -0.2) is 22.4 Å². The number of hydrazone groups is 1. The maximum absolute atomic E-state index is 6.15. The Morgan fingerprint density at radius 2 is 1.86 bits per heavy atom. The van der Waals surface area contributed by atoms with Crippen molar-refractivity contribution >= 4 is 34.6 Å². The summed E-state index contributed by atoms with van der Waals surface area (Å²) in [4.78, 5) is 0. The first-order valence-corrected chi connectivity index (χ1v) is 7.94. The minimum absolute atomic E-state index is 0.602. The van der Waals surface area contributed by atoms with E-state index in [2.05, 4.69) is 22.6 Å². The second-order valence-corrected chi connectivity index (χ2v) is 5.83. The van der Waals surface area contributed by atoms with Crippen LogP contribution in [0.2, 0.25) is 5.02 Å². The minimum Gasteiger partial charge on any atom is -0.357 e. The predicted molar refractivity (Wildman–Crippen MR) is 95.2 cm³/mol. The summed E-state index contributed by atoms with van der Waals surface area (Å²) in [7, 11) is 0. The van der Waals surface area contributed by atoms with E-state index < -0.39 is 0 Å². The van der Waals surface area contributed by atoms with Gasteiger partial charge in [0, 0.05) is 24.5 Å². The zero-order chi connectivity index (χ0) is 15.4. The highest BCUT2D eigenvalue weighted by Gasteiger charge is 2.18. The summed E-state index contributed by atoms with van der Waals surface area (Å²) in [5, 5.41) is 11.0. The van der Waals surface area contributed by atoms with Crippen molar-refractivity contribution < 1.29 is 0 Å². The maximum atomic E-state index is 6.15. The summed E-state index contributed by atoms with van der Waals surface area (Å²) in [6, 6.07) is 17.9. The molecule has 0 saturated heterocycles. The van der Waals surface area contributed by atoms with Gasteiger partial charge >= 0.3 is 0 Å². The van der Waals surface area contributed by atoms with Gasteiger partial charge in [0.25, 0.3) is 0 Å². The highest BCUT2D eigenvalue weighted by molar-refractivity contribution is 7.80. The molecule has 1 aliphatic heterocycles. The highest BCUT2D eigenvalue weighted by atomic mass is 35.5. The smallest absolute Gasteiger partial charge is 0.189 e. The summed E-state index contributed by atoms with van der Waals surface area (Å²) in [6.07, 6.45) is 0.901. The van der Waals surface area contributed by atoms with Gasteiger partial charge in [-0.3, -0.25) is 0 Å². The fourth-order valence-electron chi connectivity index (χ4n) is 2.34. The normalized spacial score (nSPS) is 13.9. The summed E-state index contributed by atoms with van der Waals surface area (Å²) in [6.45, 7) is 1.41. The molecule has 2 aromatic rings. The number of thiocarbonyl (C=S) groups is 1. The molecule has 0 fully saturated rings. The monoisotopic (exact) mass is 329 g/mol. The van der Waals surface area contributed by atoms with E-state index in [-0.39, 0.29) is 0 Å². The Morgan fingerprint density at radius 3 is 2.64 bits per heavy atom. The fourth-order valence-corrected chi connectivity index (χ4v) is 2.75. The molecule has 112 valence electrons. The van der Waals surface area contributed by atoms with Gasteiger partial charge in [-0.15, -0.1) is 0 Å². The van der Waals surface area contributed by atoms with Crippen LogP contribution in [0.5, 0.6) is 0 Å². The van der Waals surface area contributed by atoms with Gasteiger partial charge in [0.2, 0.25) is 0 Å². The van der Waals surface area contributed by atoms with Crippen molar-refractivity contribution in [3.05, 3.63) is 70.7 Å². The van der Waals surface area contributed by atoms with Gasteiger partial charge in [-0.2, -0.15) is 5.10 Å². The van der Waals surface area contributed by atoms with Gasteiger partial charge in [0.1, 0.15) is 0 Å². The summed E-state index contributed by atoms with van der Waals surface area (Å²) in [5.41, 5.74) is 3.25. The molecular formula is C17H16ClN3S. The molecule has 0 spiro atoms. The second kappa shape index (κ2) is 6.90. The summed E-state index contributed by atoms with van der Waals surface area (Å²) in [5.74, 6) is 0. The number of hydrogen-bond donors (Lipinski definition) is 1. The van der Waals surface area contributed by atoms with Crippen LogP contribution >= 0.6 is 23.8 Å². The average molecular weight is 330 g/mol. The molecule has 0 aliphatic carbocycles. The SMILES string of the molecule is S=C(NCc1ccccc1Cl)N1CCC(c2ccccc2)=N1. The highest BCUT2D eigenvalue weighted by Crippen LogP contribution is 2.16. The Kier molecular flexibility index (Phi) is 4.71. The first-order valence-electron chi connectivity index (χ1n) is 7.16. The lowest BCUT2D eigenvalue weighted by Crippen LogP contribution is -2.34. The molecule has 3 nitrogen and oxygen atoms in total. The third-order valence-corrected chi connectivity index (χ3v) is 4.25. The maximum Gasteiger partial charge on any atom is 0.189 e. The van der Waals surface area contributed by atoms with Crippen molar-refractivity contribution in [2.75, 3.05) is 6.54 Å². The van der Waals surface area contributed by atoms with Crippen LogP contribution in [0.3, 0.4) is 0 Å². The van der Waals surface area contributed by atoms with E-state index in [4.69, 9.17) is 23.8 Å². The summed E-state index contributed by atoms with van der Waals surface area (Å²) < 4.78 is 0. The molecule has 0 atom stereocenters. The Labute approximate surface area is 140 Å². The molecule has 0 radical (unpaired) electrons. The Hall–Kier alpha value is -1.91. The zero-order valence-corrected chi connectivity index (χ0v) is 13.6. The molecule has 3 rings (SSSR count). The zero-order valence-electron chi connectivity index (χ0n) is 12.0. The second-order valence-electron chi connectivity index (χ2n) is 5.04. The van der Waals surface area contributed by atoms with E-state index in [0.717, 1.165) is 34.8 Å². The largest absolute Gasteiger partial charge is 0.357 e. The van der Waals surface area contributed by atoms with E-state index in [0.29, 0.717) is 11.7 Å². The van der Waals surface area contributed by atoms with Crippen molar-refractivity contribution in [1.29, 1.82) is 0 Å². The topological polar surface area (TPSA) is 27.6 Å². The number of halogens is 1. The van der Waals surface area contributed by atoms with E-state index in [1.165, 1.54) is 0 Å². The number of benzene rings is 2. The number of nitrogens with one attached hydrogen (secondary N) is 1. The van der Waals surface area contributed by atoms with Gasteiger partial charge in [-0.05, 0) is 29.4 Å². The molecule has 2 aromatic carbocycles. The Bertz CT molecular complexity index is 700. The molecule has 0 aromatic heterocycles. The van der Waals surface area contributed by atoms with Crippen LogP contribution in [0.1, 0.15) is 17.5 Å². The molecule has 5 heteroatoms. The van der Waals surface area contributed by atoms with Crippen LogP contribution in [0, 0.1) is 0 Å². The van der Waals surface area contributed by atoms with Crippen molar-refractivity contribution in [1.82, 2.24) is 10.3 Å². The van der Waals surface area contributed by atoms with Crippen LogP contribution in [0.15, 0.2) is 59.7 Å². The van der Waals surface area contributed by atoms with Crippen molar-refractivity contribution in [3.63, 3.8) is 0 Å². The van der Waals surface area contributed by atoms with Gasteiger partial charge in [0.05, 0.1) is 5.71 Å². The first-order chi connectivity index (χ1) is 10.7. The lowest BCUT2D eigenvalue weighted by atomic mass is 10.1. The molecule has 1 heterocycles. The first kappa shape index (κ1) is 15.0. The van der Waals surface area contributed by atoms with Crippen molar-refractivity contribution in [3.8, 4) is 0 Å². The fraction of sp³-hybridized carbons (Fsp3) is 0.176. The third kappa shape index (κ3) is 3.46. The number of nitrogens with zero attached hydrogens (tertiary/aromatic N) is 2. The lowest BCUT2D eigenvalue weighted by molar-refractivity contribution is 0.479. The Balaban J connectivity index is 1.62. The molecule has 1 N–H and O–H groups in total. The summed E-state index contributed by atoms with van der Waals surface area (Å²) >= 11 is 11.6. The molecule has 0 saturated carbocycles. The van der Waals surface area contributed by atoms with E-state index in [1.807, 2.05) is 47.5 Å². The van der Waals surface area contributed by atoms with E-state index >= 15 is 0 Å². The minimum atomic E-state index is 0.602. The standard InChI is InChI=1S/C17H16ClN3S/c18-15-9-5-4-8-14(15)12-19-17(22)21-11-10-16(20-21)13-6-2-1-3-7-13/h1-9H,10-12H2,(H,19,22). The van der Waals surface area contributed by atoms with Gasteiger partial charge in [0.15, 0.2) is 5.11 Å². The van der Waals surface area contributed by atoms with Gasteiger partial charge in [-0.1, -0.05) is 60.1 Å². The van der Waals surface area contributed by atoms with Crippen LogP contribution < -0.4 is 5.32 Å². The van der Waals surface area contributed by atoms with Crippen LogP contribution in [-0.2, 0) is 6.54 Å². The molecule has 22 heavy (non-hydrogen) atoms. The van der Waals surface area contributed by atoms with E-state index in [1.54, 1.807) is 0 Å². The average Bonchev–Trinajstić information content (AvgIpc) is 3.05. The van der Waals surface area contributed by atoms with Crippen LogP contribution in [0.4, 0.5) is 0 Å². The number of rotatable bonds is 3. The quantitative estimate of drug-likeness (QED) is 0.867. The number of hydrogen-bond acceptors (Lipinski definition) is 2. The van der Waals surface area contributed by atoms with Crippen LogP contribution in [0.25, 0.3) is 0 Å². The molecular weight excluding hydrogens is 314 g/mol. The van der Waals surface area contributed by atoms with Gasteiger partial charge in [-0.25, -0.2) is 5.01 Å². The molecule has 0 amide bonds. The predicted octanol–water partition coefficient (Wildman–Crippen LogP) is 3.82. The van der Waals surface area contributed by atoms with Gasteiger partial charge < -0.3 is 5.32 Å². The lowest BCUT2D eigenvalue weighted by Gasteiger charge is -2.16. The van der Waals surface area contributed by atoms with Crippen molar-refractivity contribution in [2.45, 2.75) is 13.0 Å². The molecule has 1 aliphatic rings. The molecule has 0 bridgehead atoms. The molecule has 0 unspecified atom stereocenters. The third-order valence-electron chi connectivity index (χ3n) is 3.53.